The van der Waals surface area contributed by atoms with Crippen LogP contribution in [0.4, 0.5) is 0 Å². The van der Waals surface area contributed by atoms with Crippen molar-refractivity contribution >= 4 is 11.9 Å². The summed E-state index contributed by atoms with van der Waals surface area (Å²) in [6.07, 6.45) is 3.32. The third kappa shape index (κ3) is 3.47. The Kier molecular flexibility index (Phi) is 4.36. The van der Waals surface area contributed by atoms with E-state index in [1.54, 1.807) is 11.6 Å². The molecular weight excluding hydrogens is 274 g/mol. The molecule has 1 atom stereocenters. The van der Waals surface area contributed by atoms with E-state index in [1.807, 2.05) is 19.2 Å². The van der Waals surface area contributed by atoms with Gasteiger partial charge >= 0.3 is 5.97 Å². The Bertz CT molecular complexity index is 646. The molecule has 0 bridgehead atoms. The van der Waals surface area contributed by atoms with Crippen molar-refractivity contribution in [1.82, 2.24) is 24.9 Å². The molecule has 21 heavy (non-hydrogen) atoms. The molecule has 0 aliphatic heterocycles. The van der Waals surface area contributed by atoms with Crippen LogP contribution in [0.15, 0.2) is 24.5 Å². The Morgan fingerprint density at radius 1 is 1.33 bits per heavy atom. The van der Waals surface area contributed by atoms with Crippen molar-refractivity contribution in [2.75, 3.05) is 0 Å². The topological polar surface area (TPSA) is 102 Å². The molecule has 8 nitrogen and oxygen atoms in total. The quantitative estimate of drug-likeness (QED) is 0.814. The molecule has 2 aromatic heterocycles. The molecule has 0 aliphatic rings. The van der Waals surface area contributed by atoms with Gasteiger partial charge in [-0.15, -0.1) is 0 Å². The molecule has 0 aliphatic carbocycles. The summed E-state index contributed by atoms with van der Waals surface area (Å²) in [7, 11) is 0. The summed E-state index contributed by atoms with van der Waals surface area (Å²) in [5, 5.41) is 19.7. The number of carboxylic acids is 1. The van der Waals surface area contributed by atoms with Crippen LogP contribution >= 0.6 is 0 Å². The number of nitrogens with one attached hydrogen (secondary N) is 1. The Balaban J connectivity index is 1.94. The molecule has 0 aromatic carbocycles. The second-order valence-electron chi connectivity index (χ2n) is 4.54. The lowest BCUT2D eigenvalue weighted by Gasteiger charge is -2.11. The van der Waals surface area contributed by atoms with Gasteiger partial charge in [0.05, 0.1) is 12.2 Å². The minimum absolute atomic E-state index is 0.0867. The van der Waals surface area contributed by atoms with Crippen molar-refractivity contribution in [2.24, 2.45) is 0 Å². The maximum absolute atomic E-state index is 12.0. The number of hydrogen-bond acceptors (Lipinski definition) is 4. The standard InChI is InChI=1S/C13H17N5O3/c1-3-17-6-4-10(15-17)8-14-12(19)9(2)18-7-5-11(16-18)13(20)21/h4-7,9H,3,8H2,1-2H3,(H,14,19)(H,20,21). The first-order valence-electron chi connectivity index (χ1n) is 6.59. The number of amides is 1. The fourth-order valence-corrected chi connectivity index (χ4v) is 1.79. The number of carboxylic acid groups (broad SMARTS) is 1. The van der Waals surface area contributed by atoms with Crippen molar-refractivity contribution in [3.63, 3.8) is 0 Å². The van der Waals surface area contributed by atoms with Crippen molar-refractivity contribution in [3.05, 3.63) is 35.9 Å². The average Bonchev–Trinajstić information content (AvgIpc) is 3.12. The van der Waals surface area contributed by atoms with Gasteiger partial charge in [0.15, 0.2) is 5.69 Å². The molecule has 0 radical (unpaired) electrons. The molecule has 8 heteroatoms. The lowest BCUT2D eigenvalue weighted by Crippen LogP contribution is -2.31. The minimum Gasteiger partial charge on any atom is -0.476 e. The van der Waals surface area contributed by atoms with Crippen LogP contribution in [0.5, 0.6) is 0 Å². The van der Waals surface area contributed by atoms with Gasteiger partial charge in [-0.2, -0.15) is 10.2 Å². The van der Waals surface area contributed by atoms with Gasteiger partial charge in [-0.3, -0.25) is 14.2 Å². The monoisotopic (exact) mass is 291 g/mol. The fourth-order valence-electron chi connectivity index (χ4n) is 1.79. The molecule has 1 unspecified atom stereocenters. The molecule has 2 rings (SSSR count). The van der Waals surface area contributed by atoms with Crippen LogP contribution in [-0.4, -0.2) is 36.5 Å². The number of aromatic nitrogens is 4. The number of carbonyl (C=O) groups excluding carboxylic acids is 1. The molecule has 0 spiro atoms. The second kappa shape index (κ2) is 6.21. The molecule has 0 saturated carbocycles. The predicted octanol–water partition coefficient (Wildman–Crippen LogP) is 0.675. The molecule has 2 heterocycles. The van der Waals surface area contributed by atoms with Crippen LogP contribution in [0.25, 0.3) is 0 Å². The van der Waals surface area contributed by atoms with Crippen molar-refractivity contribution in [3.8, 4) is 0 Å². The highest BCUT2D eigenvalue weighted by Crippen LogP contribution is 2.06. The van der Waals surface area contributed by atoms with Gasteiger partial charge < -0.3 is 10.4 Å². The predicted molar refractivity (Wildman–Crippen MR) is 73.6 cm³/mol. The van der Waals surface area contributed by atoms with Crippen LogP contribution in [0.1, 0.15) is 36.1 Å². The molecule has 1 amide bonds. The molecule has 2 N–H and O–H groups in total. The van der Waals surface area contributed by atoms with E-state index in [2.05, 4.69) is 15.5 Å². The van der Waals surface area contributed by atoms with Crippen LogP contribution in [0.3, 0.4) is 0 Å². The van der Waals surface area contributed by atoms with Crippen molar-refractivity contribution < 1.29 is 14.7 Å². The number of carbonyl (C=O) groups is 2. The van der Waals surface area contributed by atoms with Crippen LogP contribution < -0.4 is 5.32 Å². The number of nitrogens with zero attached hydrogens (tertiary/aromatic N) is 4. The number of aryl methyl sites for hydroxylation is 1. The smallest absolute Gasteiger partial charge is 0.356 e. The lowest BCUT2D eigenvalue weighted by atomic mass is 10.3. The van der Waals surface area contributed by atoms with Crippen LogP contribution in [0.2, 0.25) is 0 Å². The van der Waals surface area contributed by atoms with Gasteiger partial charge in [-0.25, -0.2) is 4.79 Å². The summed E-state index contributed by atoms with van der Waals surface area (Å²) >= 11 is 0. The van der Waals surface area contributed by atoms with Gasteiger partial charge in [0.1, 0.15) is 6.04 Å². The third-order valence-corrected chi connectivity index (χ3v) is 3.07. The first-order valence-corrected chi connectivity index (χ1v) is 6.59. The number of hydrogen-bond donors (Lipinski definition) is 2. The Morgan fingerprint density at radius 2 is 2.10 bits per heavy atom. The highest BCUT2D eigenvalue weighted by Gasteiger charge is 2.17. The molecular formula is C13H17N5O3. The number of aromatic carboxylic acids is 1. The molecule has 0 fully saturated rings. The van der Waals surface area contributed by atoms with Crippen LogP contribution in [-0.2, 0) is 17.9 Å². The lowest BCUT2D eigenvalue weighted by molar-refractivity contribution is -0.124. The Labute approximate surface area is 121 Å². The van der Waals surface area contributed by atoms with E-state index in [1.165, 1.54) is 16.9 Å². The van der Waals surface area contributed by atoms with Crippen molar-refractivity contribution in [2.45, 2.75) is 33.0 Å². The van der Waals surface area contributed by atoms with Crippen molar-refractivity contribution in [1.29, 1.82) is 0 Å². The average molecular weight is 291 g/mol. The molecule has 0 saturated heterocycles. The van der Waals surface area contributed by atoms with E-state index >= 15 is 0 Å². The summed E-state index contributed by atoms with van der Waals surface area (Å²) in [5.74, 6) is -1.37. The maximum atomic E-state index is 12.0. The van der Waals surface area contributed by atoms with Gasteiger partial charge in [0.25, 0.3) is 0 Å². The summed E-state index contributed by atoms with van der Waals surface area (Å²) in [5.41, 5.74) is 0.681. The normalized spacial score (nSPS) is 12.1. The highest BCUT2D eigenvalue weighted by atomic mass is 16.4. The first-order chi connectivity index (χ1) is 10.0. The zero-order chi connectivity index (χ0) is 15.4. The van der Waals surface area contributed by atoms with E-state index in [4.69, 9.17) is 5.11 Å². The van der Waals surface area contributed by atoms with E-state index in [0.717, 1.165) is 12.2 Å². The summed E-state index contributed by atoms with van der Waals surface area (Å²) in [6.45, 7) is 4.73. The Hall–Kier alpha value is -2.64. The third-order valence-electron chi connectivity index (χ3n) is 3.07. The largest absolute Gasteiger partial charge is 0.476 e. The summed E-state index contributed by atoms with van der Waals surface area (Å²) in [4.78, 5) is 22.8. The zero-order valence-corrected chi connectivity index (χ0v) is 11.9. The van der Waals surface area contributed by atoms with Gasteiger partial charge in [-0.1, -0.05) is 0 Å². The second-order valence-corrected chi connectivity index (χ2v) is 4.54. The SMILES string of the molecule is CCn1ccc(CNC(=O)C(C)n2ccc(C(=O)O)n2)n1. The maximum Gasteiger partial charge on any atom is 0.356 e. The van der Waals surface area contributed by atoms with Crippen LogP contribution in [0, 0.1) is 0 Å². The van der Waals surface area contributed by atoms with E-state index in [9.17, 15) is 9.59 Å². The van der Waals surface area contributed by atoms with Gasteiger partial charge in [0, 0.05) is 18.9 Å². The fraction of sp³-hybridized carbons (Fsp3) is 0.385. The molecule has 2 aromatic rings. The van der Waals surface area contributed by atoms with Gasteiger partial charge in [-0.05, 0) is 26.0 Å². The zero-order valence-electron chi connectivity index (χ0n) is 11.9. The van der Waals surface area contributed by atoms with E-state index < -0.39 is 12.0 Å². The minimum atomic E-state index is -1.12. The van der Waals surface area contributed by atoms with E-state index in [0.29, 0.717) is 6.54 Å². The molecule has 112 valence electrons. The summed E-state index contributed by atoms with van der Waals surface area (Å²) < 4.78 is 3.10. The summed E-state index contributed by atoms with van der Waals surface area (Å²) in [6, 6.07) is 2.60. The first kappa shape index (κ1) is 14.8. The van der Waals surface area contributed by atoms with Gasteiger partial charge in [0.2, 0.25) is 5.91 Å². The Morgan fingerprint density at radius 3 is 2.67 bits per heavy atom. The highest BCUT2D eigenvalue weighted by molar-refractivity contribution is 5.85. The van der Waals surface area contributed by atoms with E-state index in [-0.39, 0.29) is 11.6 Å². The number of rotatable bonds is 6.